The molecule has 0 aromatic carbocycles. The number of thioether (sulfide) groups is 1. The van der Waals surface area contributed by atoms with Gasteiger partial charge in [-0.3, -0.25) is 0 Å². The topological polar surface area (TPSA) is 53.4 Å². The molecule has 0 aliphatic carbocycles. The molecule has 0 amide bonds. The van der Waals surface area contributed by atoms with Gasteiger partial charge >= 0.3 is 5.97 Å². The summed E-state index contributed by atoms with van der Waals surface area (Å²) in [6.07, 6.45) is 4.29. The zero-order chi connectivity index (χ0) is 13.1. The molecule has 1 aromatic rings. The first-order valence-electron chi connectivity index (χ1n) is 5.66. The first-order valence-corrected chi connectivity index (χ1v) is 6.65. The zero-order valence-corrected chi connectivity index (χ0v) is 11.5. The highest BCUT2D eigenvalue weighted by Crippen LogP contribution is 2.29. The molecule has 0 unspecified atom stereocenters. The monoisotopic (exact) mass is 268 g/mol. The number of nitrogens with zero attached hydrogens (tertiary/aromatic N) is 2. The Labute approximate surface area is 110 Å². The van der Waals surface area contributed by atoms with Gasteiger partial charge < -0.3 is 14.0 Å². The number of allylic oxidation sites excluding steroid dienone is 1. The van der Waals surface area contributed by atoms with Crippen molar-refractivity contribution in [2.24, 2.45) is 7.05 Å². The van der Waals surface area contributed by atoms with E-state index in [9.17, 15) is 4.79 Å². The van der Waals surface area contributed by atoms with E-state index in [4.69, 9.17) is 9.47 Å². The molecule has 2 rings (SSSR count). The van der Waals surface area contributed by atoms with E-state index in [1.54, 1.807) is 24.9 Å². The molecular formula is C12H16N2O3S. The lowest BCUT2D eigenvalue weighted by atomic mass is 10.1. The smallest absolute Gasteiger partial charge is 0.337 e. The van der Waals surface area contributed by atoms with Gasteiger partial charge in [0.05, 0.1) is 12.7 Å². The van der Waals surface area contributed by atoms with Crippen molar-refractivity contribution in [1.29, 1.82) is 0 Å². The fraction of sp³-hybridized carbons (Fsp3) is 0.500. The highest BCUT2D eigenvalue weighted by atomic mass is 32.2. The fourth-order valence-electron chi connectivity index (χ4n) is 1.84. The van der Waals surface area contributed by atoms with Crippen LogP contribution < -0.4 is 0 Å². The van der Waals surface area contributed by atoms with E-state index in [1.165, 1.54) is 7.11 Å². The van der Waals surface area contributed by atoms with E-state index in [2.05, 4.69) is 4.98 Å². The summed E-state index contributed by atoms with van der Waals surface area (Å²) in [6, 6.07) is 0. The predicted molar refractivity (Wildman–Crippen MR) is 68.1 cm³/mol. The highest BCUT2D eigenvalue weighted by Gasteiger charge is 2.28. The summed E-state index contributed by atoms with van der Waals surface area (Å²) in [5.41, 5.74) is 0.642. The minimum Gasteiger partial charge on any atom is -0.493 e. The summed E-state index contributed by atoms with van der Waals surface area (Å²) in [7, 11) is 3.34. The molecule has 0 radical (unpaired) electrons. The summed E-state index contributed by atoms with van der Waals surface area (Å²) >= 11 is 1.62. The van der Waals surface area contributed by atoms with E-state index in [0.717, 1.165) is 10.9 Å². The third-order valence-corrected chi connectivity index (χ3v) is 4.00. The standard InChI is InChI=1S/C12H16N2O3S/c1-8-10(11(15)16-3)6-9(17-8)7-18-12-13-4-5-14(12)2/h4-5,9H,6-7H2,1-3H3/t9-/m1/s1. The van der Waals surface area contributed by atoms with Crippen molar-refractivity contribution in [3.63, 3.8) is 0 Å². The van der Waals surface area contributed by atoms with Crippen LogP contribution in [0.15, 0.2) is 28.9 Å². The molecule has 0 bridgehead atoms. The Morgan fingerprint density at radius 1 is 1.72 bits per heavy atom. The summed E-state index contributed by atoms with van der Waals surface area (Å²) in [5, 5.41) is 0.947. The van der Waals surface area contributed by atoms with Gasteiger partial charge in [-0.25, -0.2) is 9.78 Å². The number of esters is 1. The minimum atomic E-state index is -0.294. The molecule has 1 atom stereocenters. The normalized spacial score (nSPS) is 18.9. The summed E-state index contributed by atoms with van der Waals surface area (Å²) in [5.74, 6) is 1.15. The molecule has 0 fully saturated rings. The molecule has 0 saturated heterocycles. The second kappa shape index (κ2) is 5.48. The van der Waals surface area contributed by atoms with Gasteiger partial charge in [-0.1, -0.05) is 11.8 Å². The zero-order valence-electron chi connectivity index (χ0n) is 10.7. The average Bonchev–Trinajstić information content (AvgIpc) is 2.92. The van der Waals surface area contributed by atoms with Crippen LogP contribution in [-0.2, 0) is 21.3 Å². The lowest BCUT2D eigenvalue weighted by Crippen LogP contribution is -2.12. The maximum Gasteiger partial charge on any atom is 0.337 e. The van der Waals surface area contributed by atoms with E-state index in [1.807, 2.05) is 17.8 Å². The Morgan fingerprint density at radius 3 is 3.11 bits per heavy atom. The van der Waals surface area contributed by atoms with E-state index >= 15 is 0 Å². The SMILES string of the molecule is COC(=O)C1=C(C)O[C@@H](CSc2nccn2C)C1. The number of carbonyl (C=O) groups is 1. The van der Waals surface area contributed by atoms with Crippen LogP contribution in [-0.4, -0.2) is 34.5 Å². The Hall–Kier alpha value is -1.43. The molecule has 2 heterocycles. The van der Waals surface area contributed by atoms with Crippen LogP contribution in [0.3, 0.4) is 0 Å². The molecule has 6 heteroatoms. The van der Waals surface area contributed by atoms with Crippen LogP contribution in [0.1, 0.15) is 13.3 Å². The summed E-state index contributed by atoms with van der Waals surface area (Å²) in [4.78, 5) is 15.7. The molecule has 0 saturated carbocycles. The number of carbonyl (C=O) groups excluding carboxylic acids is 1. The summed E-state index contributed by atoms with van der Waals surface area (Å²) in [6.45, 7) is 1.80. The Bertz CT molecular complexity index is 481. The lowest BCUT2D eigenvalue weighted by Gasteiger charge is -2.10. The molecule has 1 aliphatic heterocycles. The second-order valence-electron chi connectivity index (χ2n) is 4.10. The Balaban J connectivity index is 1.88. The fourth-order valence-corrected chi connectivity index (χ4v) is 2.76. The van der Waals surface area contributed by atoms with Gasteiger partial charge in [0.15, 0.2) is 5.16 Å². The number of ether oxygens (including phenoxy) is 2. The van der Waals surface area contributed by atoms with Gasteiger partial charge in [-0.05, 0) is 6.92 Å². The van der Waals surface area contributed by atoms with E-state index in [-0.39, 0.29) is 12.1 Å². The molecule has 5 nitrogen and oxygen atoms in total. The number of methoxy groups -OCH3 is 1. The molecule has 98 valence electrons. The quantitative estimate of drug-likeness (QED) is 0.615. The number of rotatable bonds is 4. The lowest BCUT2D eigenvalue weighted by molar-refractivity contribution is -0.136. The largest absolute Gasteiger partial charge is 0.493 e. The van der Waals surface area contributed by atoms with Gasteiger partial charge in [-0.2, -0.15) is 0 Å². The van der Waals surface area contributed by atoms with E-state index < -0.39 is 0 Å². The van der Waals surface area contributed by atoms with Gasteiger partial charge in [0, 0.05) is 31.6 Å². The molecule has 1 aromatic heterocycles. The second-order valence-corrected chi connectivity index (χ2v) is 5.09. The van der Waals surface area contributed by atoms with Gasteiger partial charge in [0.1, 0.15) is 11.9 Å². The third-order valence-electron chi connectivity index (χ3n) is 2.81. The van der Waals surface area contributed by atoms with Gasteiger partial charge in [0.25, 0.3) is 0 Å². The van der Waals surface area contributed by atoms with Crippen molar-refractivity contribution < 1.29 is 14.3 Å². The van der Waals surface area contributed by atoms with Crippen molar-refractivity contribution in [2.75, 3.05) is 12.9 Å². The van der Waals surface area contributed by atoms with Crippen LogP contribution in [0.4, 0.5) is 0 Å². The van der Waals surface area contributed by atoms with Crippen LogP contribution in [0.25, 0.3) is 0 Å². The van der Waals surface area contributed by atoms with Crippen molar-refractivity contribution in [3.8, 4) is 0 Å². The van der Waals surface area contributed by atoms with E-state index in [0.29, 0.717) is 17.8 Å². The first kappa shape index (κ1) is 13.0. The van der Waals surface area contributed by atoms with Crippen LogP contribution in [0.2, 0.25) is 0 Å². The van der Waals surface area contributed by atoms with Crippen molar-refractivity contribution in [1.82, 2.24) is 9.55 Å². The minimum absolute atomic E-state index is 0.0146. The van der Waals surface area contributed by atoms with Gasteiger partial charge in [-0.15, -0.1) is 0 Å². The molecule has 1 aliphatic rings. The van der Waals surface area contributed by atoms with Crippen molar-refractivity contribution in [3.05, 3.63) is 23.7 Å². The number of hydrogen-bond donors (Lipinski definition) is 0. The molecule has 18 heavy (non-hydrogen) atoms. The maximum absolute atomic E-state index is 11.5. The van der Waals surface area contributed by atoms with Crippen LogP contribution in [0, 0.1) is 0 Å². The van der Waals surface area contributed by atoms with Crippen molar-refractivity contribution >= 4 is 17.7 Å². The number of hydrogen-bond acceptors (Lipinski definition) is 5. The summed E-state index contributed by atoms with van der Waals surface area (Å²) < 4.78 is 12.3. The van der Waals surface area contributed by atoms with Crippen LogP contribution >= 0.6 is 11.8 Å². The molecular weight excluding hydrogens is 252 g/mol. The first-order chi connectivity index (χ1) is 8.61. The van der Waals surface area contributed by atoms with Gasteiger partial charge in [0.2, 0.25) is 0 Å². The highest BCUT2D eigenvalue weighted by molar-refractivity contribution is 7.99. The van der Waals surface area contributed by atoms with Crippen molar-refractivity contribution in [2.45, 2.75) is 24.6 Å². The Morgan fingerprint density at radius 2 is 2.50 bits per heavy atom. The number of aryl methyl sites for hydroxylation is 1. The predicted octanol–water partition coefficient (Wildman–Crippen LogP) is 1.75. The number of imidazole rings is 1. The van der Waals surface area contributed by atoms with Crippen LogP contribution in [0.5, 0.6) is 0 Å². The molecule has 0 spiro atoms. The number of aromatic nitrogens is 2. The molecule has 0 N–H and O–H groups in total. The third kappa shape index (κ3) is 2.69. The maximum atomic E-state index is 11.5. The Kier molecular flexibility index (Phi) is 3.96. The average molecular weight is 268 g/mol.